The van der Waals surface area contributed by atoms with Gasteiger partial charge >= 0.3 is 5.97 Å². The fraction of sp³-hybridized carbons (Fsp3) is 0.105. The maximum Gasteiger partial charge on any atom is 0.338 e. The van der Waals surface area contributed by atoms with Crippen molar-refractivity contribution in [3.05, 3.63) is 72.3 Å². The van der Waals surface area contributed by atoms with E-state index < -0.39 is 0 Å². The van der Waals surface area contributed by atoms with Crippen LogP contribution in [0.25, 0.3) is 0 Å². The third-order valence-corrected chi connectivity index (χ3v) is 3.47. The van der Waals surface area contributed by atoms with Crippen LogP contribution in [0.15, 0.2) is 60.9 Å². The van der Waals surface area contributed by atoms with E-state index in [0.29, 0.717) is 29.5 Å². The third kappa shape index (κ3) is 4.32. The highest BCUT2D eigenvalue weighted by Crippen LogP contribution is 2.21. The largest absolute Gasteiger partial charge is 0.462 e. The van der Waals surface area contributed by atoms with E-state index in [2.05, 4.69) is 20.6 Å². The Labute approximate surface area is 150 Å². The summed E-state index contributed by atoms with van der Waals surface area (Å²) >= 11 is 0. The Morgan fingerprint density at radius 1 is 1.04 bits per heavy atom. The quantitative estimate of drug-likeness (QED) is 0.645. The Bertz CT molecular complexity index is 900. The summed E-state index contributed by atoms with van der Waals surface area (Å²) in [5.74, 6) is 0.256. The van der Waals surface area contributed by atoms with Crippen LogP contribution >= 0.6 is 0 Å². The molecule has 1 aromatic heterocycles. The van der Waals surface area contributed by atoms with Gasteiger partial charge < -0.3 is 15.4 Å². The Kier molecular flexibility index (Phi) is 5.38. The molecule has 0 radical (unpaired) electrons. The number of rotatable bonds is 6. The van der Waals surface area contributed by atoms with Gasteiger partial charge in [-0.1, -0.05) is 12.1 Å². The van der Waals surface area contributed by atoms with Crippen LogP contribution in [0.1, 0.15) is 17.3 Å². The van der Waals surface area contributed by atoms with E-state index in [1.807, 2.05) is 0 Å². The minimum Gasteiger partial charge on any atom is -0.462 e. The molecule has 3 rings (SSSR count). The molecular formula is C19H17FN4O2. The van der Waals surface area contributed by atoms with Crippen LogP contribution in [0.2, 0.25) is 0 Å². The lowest BCUT2D eigenvalue weighted by atomic mass is 10.2. The highest BCUT2D eigenvalue weighted by atomic mass is 19.1. The normalized spacial score (nSPS) is 10.2. The number of ether oxygens (including phenoxy) is 1. The second kappa shape index (κ2) is 8.06. The Morgan fingerprint density at radius 2 is 1.73 bits per heavy atom. The predicted octanol–water partition coefficient (Wildman–Crippen LogP) is 4.28. The minimum atomic E-state index is -0.366. The molecule has 0 aliphatic rings. The summed E-state index contributed by atoms with van der Waals surface area (Å²) in [7, 11) is 0. The maximum atomic E-state index is 13.7. The zero-order chi connectivity index (χ0) is 18.4. The number of carbonyl (C=O) groups excluding carboxylic acids is 1. The zero-order valence-corrected chi connectivity index (χ0v) is 14.1. The number of hydrogen-bond donors (Lipinski definition) is 2. The first-order valence-electron chi connectivity index (χ1n) is 8.03. The SMILES string of the molecule is CCOC(=O)c1ccc(Nc2cc(Nc3ccccc3F)ncn2)cc1. The summed E-state index contributed by atoms with van der Waals surface area (Å²) in [6.45, 7) is 2.09. The molecular weight excluding hydrogens is 335 g/mol. The van der Waals surface area contributed by atoms with Crippen LogP contribution in [0, 0.1) is 5.82 Å². The molecule has 7 heteroatoms. The van der Waals surface area contributed by atoms with Gasteiger partial charge in [-0.3, -0.25) is 0 Å². The van der Waals surface area contributed by atoms with Crippen molar-refractivity contribution in [2.24, 2.45) is 0 Å². The first-order chi connectivity index (χ1) is 12.7. The number of nitrogens with one attached hydrogen (secondary N) is 2. The molecule has 0 atom stereocenters. The molecule has 2 aromatic carbocycles. The van der Waals surface area contributed by atoms with Gasteiger partial charge in [0.1, 0.15) is 23.8 Å². The van der Waals surface area contributed by atoms with E-state index in [0.717, 1.165) is 5.69 Å². The van der Waals surface area contributed by atoms with Crippen LogP contribution in [0.5, 0.6) is 0 Å². The molecule has 1 heterocycles. The lowest BCUT2D eigenvalue weighted by Crippen LogP contribution is -2.04. The average molecular weight is 352 g/mol. The molecule has 0 amide bonds. The number of esters is 1. The number of nitrogens with zero attached hydrogens (tertiary/aromatic N) is 2. The summed E-state index contributed by atoms with van der Waals surface area (Å²) in [5.41, 5.74) is 1.55. The summed E-state index contributed by atoms with van der Waals surface area (Å²) in [5, 5.41) is 6.02. The van der Waals surface area contributed by atoms with Crippen molar-refractivity contribution in [3.63, 3.8) is 0 Å². The lowest BCUT2D eigenvalue weighted by Gasteiger charge is -2.09. The van der Waals surface area contributed by atoms with E-state index >= 15 is 0 Å². The molecule has 0 spiro atoms. The van der Waals surface area contributed by atoms with Crippen molar-refractivity contribution >= 4 is 29.0 Å². The van der Waals surface area contributed by atoms with Crippen LogP contribution < -0.4 is 10.6 Å². The van der Waals surface area contributed by atoms with E-state index in [9.17, 15) is 9.18 Å². The molecule has 0 bridgehead atoms. The summed E-state index contributed by atoms with van der Waals surface area (Å²) < 4.78 is 18.7. The predicted molar refractivity (Wildman–Crippen MR) is 97.4 cm³/mol. The van der Waals surface area contributed by atoms with Crippen molar-refractivity contribution in [2.75, 3.05) is 17.2 Å². The van der Waals surface area contributed by atoms with Gasteiger partial charge in [-0.2, -0.15) is 0 Å². The molecule has 6 nitrogen and oxygen atoms in total. The van der Waals surface area contributed by atoms with Gasteiger partial charge in [0.25, 0.3) is 0 Å². The maximum absolute atomic E-state index is 13.7. The van der Waals surface area contributed by atoms with E-state index in [1.54, 1.807) is 55.5 Å². The Balaban J connectivity index is 1.71. The number of aromatic nitrogens is 2. The third-order valence-electron chi connectivity index (χ3n) is 3.47. The number of para-hydroxylation sites is 1. The zero-order valence-electron chi connectivity index (χ0n) is 14.1. The van der Waals surface area contributed by atoms with Crippen LogP contribution in [0.4, 0.5) is 27.4 Å². The molecule has 132 valence electrons. The smallest absolute Gasteiger partial charge is 0.338 e. The second-order valence-corrected chi connectivity index (χ2v) is 5.32. The van der Waals surface area contributed by atoms with Crippen molar-refractivity contribution in [1.29, 1.82) is 0 Å². The average Bonchev–Trinajstić information content (AvgIpc) is 2.65. The number of carbonyl (C=O) groups is 1. The first kappa shape index (κ1) is 17.3. The lowest BCUT2D eigenvalue weighted by molar-refractivity contribution is 0.0526. The molecule has 26 heavy (non-hydrogen) atoms. The molecule has 3 aromatic rings. The van der Waals surface area contributed by atoms with Gasteiger partial charge in [0.2, 0.25) is 0 Å². The van der Waals surface area contributed by atoms with Gasteiger partial charge in [-0.25, -0.2) is 19.2 Å². The van der Waals surface area contributed by atoms with Gasteiger partial charge in [-0.15, -0.1) is 0 Å². The number of anilines is 4. The highest BCUT2D eigenvalue weighted by Gasteiger charge is 2.07. The highest BCUT2D eigenvalue weighted by molar-refractivity contribution is 5.89. The molecule has 0 aliphatic heterocycles. The molecule has 0 fully saturated rings. The number of halogens is 1. The van der Waals surface area contributed by atoms with E-state index in [-0.39, 0.29) is 11.8 Å². The van der Waals surface area contributed by atoms with Crippen LogP contribution in [0.3, 0.4) is 0 Å². The summed E-state index contributed by atoms with van der Waals surface area (Å²) in [6.07, 6.45) is 1.37. The number of hydrogen-bond acceptors (Lipinski definition) is 6. The topological polar surface area (TPSA) is 76.1 Å². The van der Waals surface area contributed by atoms with Crippen molar-refractivity contribution < 1.29 is 13.9 Å². The molecule has 0 unspecified atom stereocenters. The van der Waals surface area contributed by atoms with Crippen molar-refractivity contribution in [3.8, 4) is 0 Å². The van der Waals surface area contributed by atoms with Crippen LogP contribution in [-0.4, -0.2) is 22.5 Å². The molecule has 0 saturated carbocycles. The van der Waals surface area contributed by atoms with E-state index in [1.165, 1.54) is 12.4 Å². The molecule has 2 N–H and O–H groups in total. The fourth-order valence-corrected chi connectivity index (χ4v) is 2.25. The number of benzene rings is 2. The standard InChI is InChI=1S/C19H17FN4O2/c1-2-26-19(25)13-7-9-14(10-8-13)23-17-11-18(22-12-21-17)24-16-6-4-3-5-15(16)20/h3-12H,2H2,1H3,(H2,21,22,23,24). The van der Waals surface area contributed by atoms with Crippen molar-refractivity contribution in [1.82, 2.24) is 9.97 Å². The minimum absolute atomic E-state index is 0.330. The summed E-state index contributed by atoms with van der Waals surface area (Å²) in [4.78, 5) is 19.9. The monoisotopic (exact) mass is 352 g/mol. The van der Waals surface area contributed by atoms with Gasteiger partial charge in [-0.05, 0) is 43.3 Å². The fourth-order valence-electron chi connectivity index (χ4n) is 2.25. The van der Waals surface area contributed by atoms with Gasteiger partial charge in [0.05, 0.1) is 17.9 Å². The van der Waals surface area contributed by atoms with Crippen molar-refractivity contribution in [2.45, 2.75) is 6.92 Å². The first-order valence-corrected chi connectivity index (χ1v) is 8.03. The van der Waals surface area contributed by atoms with Gasteiger partial charge in [0.15, 0.2) is 0 Å². The Hall–Kier alpha value is -3.48. The Morgan fingerprint density at radius 3 is 2.42 bits per heavy atom. The van der Waals surface area contributed by atoms with Crippen LogP contribution in [-0.2, 0) is 4.74 Å². The van der Waals surface area contributed by atoms with E-state index in [4.69, 9.17) is 4.74 Å². The molecule has 0 saturated heterocycles. The summed E-state index contributed by atoms with van der Waals surface area (Å²) in [6, 6.07) is 14.8. The second-order valence-electron chi connectivity index (χ2n) is 5.32. The molecule has 0 aliphatic carbocycles. The van der Waals surface area contributed by atoms with Gasteiger partial charge in [0, 0.05) is 11.8 Å².